The first-order valence-electron chi connectivity index (χ1n) is 10.3. The van der Waals surface area contributed by atoms with Crippen LogP contribution in [0.1, 0.15) is 56.6 Å². The van der Waals surface area contributed by atoms with Gasteiger partial charge in [0, 0.05) is 6.04 Å². The number of unbranched alkanes of at least 4 members (excludes halogenated alkanes) is 3. The van der Waals surface area contributed by atoms with Crippen LogP contribution >= 0.6 is 0 Å². The summed E-state index contributed by atoms with van der Waals surface area (Å²) >= 11 is 0. The van der Waals surface area contributed by atoms with Gasteiger partial charge in [-0.05, 0) is 49.8 Å². The smallest absolute Gasteiger partial charge is 0.0105 e. The largest absolute Gasteiger partial charge is 0.314 e. The molecule has 0 radical (unpaired) electrons. The average Bonchev–Trinajstić information content (AvgIpc) is 2.70. The molecule has 1 atom stereocenters. The second-order valence-electron chi connectivity index (χ2n) is 7.13. The molecule has 0 aliphatic carbocycles. The third-order valence-electron chi connectivity index (χ3n) is 4.87. The highest BCUT2D eigenvalue weighted by Crippen LogP contribution is 2.09. The summed E-state index contributed by atoms with van der Waals surface area (Å²) in [6.07, 6.45) is 14.5. The van der Waals surface area contributed by atoms with Crippen molar-refractivity contribution in [2.24, 2.45) is 0 Å². The molecule has 0 saturated carbocycles. The molecule has 0 saturated heterocycles. The predicted molar refractivity (Wildman–Crippen MR) is 115 cm³/mol. The number of allylic oxidation sites excluding steroid dienone is 1. The van der Waals surface area contributed by atoms with Crippen LogP contribution in [-0.4, -0.2) is 12.6 Å². The molecular weight excluding hydrogens is 314 g/mol. The standard InChI is InChI=1S/C25H35N/c1-2-3-4-13-22-26-25(21-20-24-16-9-6-10-17-24)19-12-11-18-23-14-7-5-8-15-23/h5-12,14-17,25-26H,2-4,13,18-22H2,1H3/b12-11+/t25-/m0/s1. The summed E-state index contributed by atoms with van der Waals surface area (Å²) in [7, 11) is 0. The van der Waals surface area contributed by atoms with Gasteiger partial charge in [-0.15, -0.1) is 0 Å². The zero-order valence-electron chi connectivity index (χ0n) is 16.4. The molecule has 0 fully saturated rings. The summed E-state index contributed by atoms with van der Waals surface area (Å²) in [6.45, 7) is 3.42. The van der Waals surface area contributed by atoms with Crippen molar-refractivity contribution >= 4 is 0 Å². The third kappa shape index (κ3) is 9.01. The molecule has 0 aliphatic rings. The second-order valence-corrected chi connectivity index (χ2v) is 7.13. The summed E-state index contributed by atoms with van der Waals surface area (Å²) in [5.74, 6) is 0. The molecule has 26 heavy (non-hydrogen) atoms. The summed E-state index contributed by atoms with van der Waals surface area (Å²) < 4.78 is 0. The minimum Gasteiger partial charge on any atom is -0.314 e. The van der Waals surface area contributed by atoms with Crippen LogP contribution in [0.2, 0.25) is 0 Å². The van der Waals surface area contributed by atoms with Crippen molar-refractivity contribution in [3.8, 4) is 0 Å². The molecule has 0 spiro atoms. The lowest BCUT2D eigenvalue weighted by molar-refractivity contribution is 0.469. The van der Waals surface area contributed by atoms with Gasteiger partial charge in [-0.25, -0.2) is 0 Å². The van der Waals surface area contributed by atoms with Crippen molar-refractivity contribution in [1.82, 2.24) is 5.32 Å². The van der Waals surface area contributed by atoms with E-state index in [0.29, 0.717) is 6.04 Å². The average molecular weight is 350 g/mol. The van der Waals surface area contributed by atoms with Crippen molar-refractivity contribution in [2.75, 3.05) is 6.54 Å². The zero-order chi connectivity index (χ0) is 18.3. The van der Waals surface area contributed by atoms with Crippen molar-refractivity contribution in [2.45, 2.75) is 64.3 Å². The molecule has 1 N–H and O–H groups in total. The number of benzene rings is 2. The number of rotatable bonds is 13. The highest BCUT2D eigenvalue weighted by molar-refractivity contribution is 5.17. The highest BCUT2D eigenvalue weighted by atomic mass is 14.9. The van der Waals surface area contributed by atoms with E-state index in [4.69, 9.17) is 0 Å². The molecule has 140 valence electrons. The molecule has 0 amide bonds. The summed E-state index contributed by atoms with van der Waals surface area (Å²) in [5, 5.41) is 3.80. The molecule has 0 aliphatic heterocycles. The molecule has 0 bridgehead atoms. The Kier molecular flexibility index (Phi) is 10.5. The lowest BCUT2D eigenvalue weighted by Crippen LogP contribution is -2.30. The fourth-order valence-corrected chi connectivity index (χ4v) is 3.24. The van der Waals surface area contributed by atoms with Crippen LogP contribution in [0.5, 0.6) is 0 Å². The van der Waals surface area contributed by atoms with Crippen LogP contribution in [0.25, 0.3) is 0 Å². The van der Waals surface area contributed by atoms with E-state index in [1.54, 1.807) is 0 Å². The van der Waals surface area contributed by atoms with E-state index in [1.807, 2.05) is 0 Å². The van der Waals surface area contributed by atoms with E-state index in [0.717, 1.165) is 25.8 Å². The van der Waals surface area contributed by atoms with Gasteiger partial charge in [-0.2, -0.15) is 0 Å². The van der Waals surface area contributed by atoms with Gasteiger partial charge in [0.05, 0.1) is 0 Å². The van der Waals surface area contributed by atoms with E-state index >= 15 is 0 Å². The minimum atomic E-state index is 0.573. The Labute approximate surface area is 160 Å². The number of aryl methyl sites for hydroxylation is 1. The SMILES string of the molecule is CCCCCCN[C@@H](C/C=C/Cc1ccccc1)CCc1ccccc1. The fourth-order valence-electron chi connectivity index (χ4n) is 3.24. The Bertz CT molecular complexity index is 588. The molecule has 0 heterocycles. The first kappa shape index (κ1) is 20.5. The summed E-state index contributed by atoms with van der Waals surface area (Å²) in [6, 6.07) is 22.1. The molecule has 1 heteroatoms. The van der Waals surface area contributed by atoms with E-state index in [2.05, 4.69) is 85.1 Å². The number of hydrogen-bond donors (Lipinski definition) is 1. The van der Waals surface area contributed by atoms with Crippen LogP contribution in [0, 0.1) is 0 Å². The van der Waals surface area contributed by atoms with Gasteiger partial charge in [-0.3, -0.25) is 0 Å². The van der Waals surface area contributed by atoms with Gasteiger partial charge in [0.15, 0.2) is 0 Å². The van der Waals surface area contributed by atoms with Gasteiger partial charge >= 0.3 is 0 Å². The van der Waals surface area contributed by atoms with Crippen LogP contribution in [0.15, 0.2) is 72.8 Å². The van der Waals surface area contributed by atoms with Crippen LogP contribution in [0.3, 0.4) is 0 Å². The Morgan fingerprint density at radius 3 is 2.19 bits per heavy atom. The number of hydrogen-bond acceptors (Lipinski definition) is 1. The van der Waals surface area contributed by atoms with Crippen LogP contribution in [-0.2, 0) is 12.8 Å². The lowest BCUT2D eigenvalue weighted by atomic mass is 10.0. The van der Waals surface area contributed by atoms with Crippen LogP contribution < -0.4 is 5.32 Å². The molecule has 2 aromatic rings. The monoisotopic (exact) mass is 349 g/mol. The van der Waals surface area contributed by atoms with E-state index in [9.17, 15) is 0 Å². The molecular formula is C25H35N. The molecule has 2 rings (SSSR count). The minimum absolute atomic E-state index is 0.573. The first-order chi connectivity index (χ1) is 12.9. The summed E-state index contributed by atoms with van der Waals surface area (Å²) in [4.78, 5) is 0. The Morgan fingerprint density at radius 2 is 1.50 bits per heavy atom. The zero-order valence-corrected chi connectivity index (χ0v) is 16.4. The van der Waals surface area contributed by atoms with E-state index in [1.165, 1.54) is 43.2 Å². The maximum atomic E-state index is 3.80. The molecule has 0 aromatic heterocycles. The Hall–Kier alpha value is -1.86. The van der Waals surface area contributed by atoms with Crippen molar-refractivity contribution in [1.29, 1.82) is 0 Å². The fraction of sp³-hybridized carbons (Fsp3) is 0.440. The van der Waals surface area contributed by atoms with E-state index in [-0.39, 0.29) is 0 Å². The highest BCUT2D eigenvalue weighted by Gasteiger charge is 2.06. The van der Waals surface area contributed by atoms with Gasteiger partial charge in [0.2, 0.25) is 0 Å². The van der Waals surface area contributed by atoms with E-state index < -0.39 is 0 Å². The molecule has 2 aromatic carbocycles. The maximum absolute atomic E-state index is 3.80. The Balaban J connectivity index is 1.76. The van der Waals surface area contributed by atoms with Gasteiger partial charge in [-0.1, -0.05) is 99.0 Å². The molecule has 0 unspecified atom stereocenters. The van der Waals surface area contributed by atoms with Crippen molar-refractivity contribution in [3.05, 3.63) is 83.9 Å². The van der Waals surface area contributed by atoms with Crippen molar-refractivity contribution < 1.29 is 0 Å². The third-order valence-corrected chi connectivity index (χ3v) is 4.87. The number of nitrogens with one attached hydrogen (secondary N) is 1. The Morgan fingerprint density at radius 1 is 0.808 bits per heavy atom. The summed E-state index contributed by atoms with van der Waals surface area (Å²) in [5.41, 5.74) is 2.83. The maximum Gasteiger partial charge on any atom is 0.0105 e. The quantitative estimate of drug-likeness (QED) is 0.328. The van der Waals surface area contributed by atoms with Crippen molar-refractivity contribution in [3.63, 3.8) is 0 Å². The normalized spacial score (nSPS) is 12.5. The van der Waals surface area contributed by atoms with Gasteiger partial charge in [0.25, 0.3) is 0 Å². The lowest BCUT2D eigenvalue weighted by Gasteiger charge is -2.17. The molecule has 1 nitrogen and oxygen atoms in total. The second kappa shape index (κ2) is 13.4. The topological polar surface area (TPSA) is 12.0 Å². The van der Waals surface area contributed by atoms with Gasteiger partial charge < -0.3 is 5.32 Å². The van der Waals surface area contributed by atoms with Gasteiger partial charge in [0.1, 0.15) is 0 Å². The van der Waals surface area contributed by atoms with Crippen LogP contribution in [0.4, 0.5) is 0 Å². The first-order valence-corrected chi connectivity index (χ1v) is 10.3. The predicted octanol–water partition coefficient (Wildman–Crippen LogP) is 6.35.